The van der Waals surface area contributed by atoms with Gasteiger partial charge in [0.05, 0.1) is 11.0 Å². The molecule has 2 nitrogen and oxygen atoms in total. The lowest BCUT2D eigenvalue weighted by Gasteiger charge is -2.36. The van der Waals surface area contributed by atoms with E-state index in [9.17, 15) is 4.79 Å². The topological polar surface area (TPSA) is 26.3 Å². The molecule has 1 aliphatic heterocycles. The molecule has 0 aromatic carbocycles. The zero-order valence-electron chi connectivity index (χ0n) is 12.0. The Morgan fingerprint density at radius 1 is 1.42 bits per heavy atom. The van der Waals surface area contributed by atoms with Crippen molar-refractivity contribution in [2.45, 2.75) is 33.3 Å². The van der Waals surface area contributed by atoms with E-state index >= 15 is 0 Å². The highest BCUT2D eigenvalue weighted by molar-refractivity contribution is 6.06. The maximum absolute atomic E-state index is 12.8. The van der Waals surface area contributed by atoms with Gasteiger partial charge in [0.2, 0.25) is 0 Å². The van der Waals surface area contributed by atoms with Gasteiger partial charge in [0.15, 0.2) is 5.78 Å². The molecule has 0 saturated heterocycles. The Hall–Kier alpha value is -1.57. The molecule has 2 aliphatic rings. The Kier molecular flexibility index (Phi) is 3.53. The van der Waals surface area contributed by atoms with Crippen LogP contribution >= 0.6 is 0 Å². The van der Waals surface area contributed by atoms with E-state index in [0.29, 0.717) is 23.2 Å². The molecule has 3 unspecified atom stereocenters. The van der Waals surface area contributed by atoms with Crippen molar-refractivity contribution < 1.29 is 9.53 Å². The van der Waals surface area contributed by atoms with E-state index in [1.165, 1.54) is 0 Å². The molecule has 0 aromatic rings. The molecular formula is C17H22O2. The minimum atomic E-state index is -0.318. The number of allylic oxidation sites excluding steroid dienone is 5. The van der Waals surface area contributed by atoms with Crippen LogP contribution in [0.3, 0.4) is 0 Å². The molecule has 19 heavy (non-hydrogen) atoms. The second-order valence-corrected chi connectivity index (χ2v) is 5.83. The Labute approximate surface area is 115 Å². The predicted molar refractivity (Wildman–Crippen MR) is 77.5 cm³/mol. The number of hydrogen-bond donors (Lipinski definition) is 0. The molecule has 0 amide bonds. The SMILES string of the molecule is C=C/C=C\C1=C(C=C)OC(C(C)C)C2(CC2C)C1=O. The first-order valence-electron chi connectivity index (χ1n) is 6.86. The molecule has 0 N–H and O–H groups in total. The van der Waals surface area contributed by atoms with Crippen molar-refractivity contribution in [3.05, 3.63) is 48.8 Å². The molecular weight excluding hydrogens is 236 g/mol. The van der Waals surface area contributed by atoms with Crippen LogP contribution in [0, 0.1) is 17.3 Å². The summed E-state index contributed by atoms with van der Waals surface area (Å²) in [4.78, 5) is 12.8. The second kappa shape index (κ2) is 4.84. The van der Waals surface area contributed by atoms with Crippen molar-refractivity contribution in [2.75, 3.05) is 0 Å². The average molecular weight is 258 g/mol. The lowest BCUT2D eigenvalue weighted by molar-refractivity contribution is -0.130. The monoisotopic (exact) mass is 258 g/mol. The molecule has 1 saturated carbocycles. The number of carbonyl (C=O) groups is 1. The van der Waals surface area contributed by atoms with Crippen molar-refractivity contribution >= 4 is 5.78 Å². The van der Waals surface area contributed by atoms with Gasteiger partial charge in [0.25, 0.3) is 0 Å². The standard InChI is InChI=1S/C17H22O2/c1-6-8-9-13-14(7-2)19-16(11(3)4)17(15(13)18)10-12(17)5/h6-9,11-12,16H,1-2,10H2,3-5H3/b9-8-. The Bertz CT molecular complexity index is 481. The molecule has 2 heteroatoms. The third-order valence-electron chi connectivity index (χ3n) is 4.25. The van der Waals surface area contributed by atoms with Crippen LogP contribution in [0.15, 0.2) is 48.8 Å². The summed E-state index contributed by atoms with van der Waals surface area (Å²) in [5, 5.41) is 0. The molecule has 1 spiro atoms. The number of Topliss-reactive ketones (excluding diaryl/α,β-unsaturated/α-hetero) is 1. The van der Waals surface area contributed by atoms with E-state index in [1.54, 1.807) is 24.3 Å². The summed E-state index contributed by atoms with van der Waals surface area (Å²) in [6, 6.07) is 0. The van der Waals surface area contributed by atoms with Crippen LogP contribution in [-0.4, -0.2) is 11.9 Å². The van der Waals surface area contributed by atoms with Crippen LogP contribution in [-0.2, 0) is 9.53 Å². The van der Waals surface area contributed by atoms with Crippen LogP contribution in [0.5, 0.6) is 0 Å². The van der Waals surface area contributed by atoms with Crippen molar-refractivity contribution in [2.24, 2.45) is 17.3 Å². The van der Waals surface area contributed by atoms with Crippen molar-refractivity contribution in [1.29, 1.82) is 0 Å². The number of carbonyl (C=O) groups excluding carboxylic acids is 1. The van der Waals surface area contributed by atoms with E-state index in [0.717, 1.165) is 6.42 Å². The summed E-state index contributed by atoms with van der Waals surface area (Å²) in [6.45, 7) is 13.8. The zero-order chi connectivity index (χ0) is 14.2. The van der Waals surface area contributed by atoms with Gasteiger partial charge >= 0.3 is 0 Å². The summed E-state index contributed by atoms with van der Waals surface area (Å²) < 4.78 is 6.08. The van der Waals surface area contributed by atoms with Gasteiger partial charge in [-0.2, -0.15) is 0 Å². The Morgan fingerprint density at radius 2 is 2.05 bits per heavy atom. The van der Waals surface area contributed by atoms with E-state index in [1.807, 2.05) is 0 Å². The fourth-order valence-electron chi connectivity index (χ4n) is 3.17. The highest BCUT2D eigenvalue weighted by Gasteiger charge is 2.65. The molecule has 3 atom stereocenters. The first-order valence-corrected chi connectivity index (χ1v) is 6.86. The summed E-state index contributed by atoms with van der Waals surface area (Å²) in [6.07, 6.45) is 7.74. The lowest BCUT2D eigenvalue weighted by Crippen LogP contribution is -2.42. The molecule has 1 heterocycles. The number of ketones is 1. The Balaban J connectivity index is 2.48. The average Bonchev–Trinajstić information content (AvgIpc) is 3.03. The van der Waals surface area contributed by atoms with Crippen LogP contribution in [0.2, 0.25) is 0 Å². The predicted octanol–water partition coefficient (Wildman–Crippen LogP) is 3.82. The minimum absolute atomic E-state index is 0.0381. The van der Waals surface area contributed by atoms with Gasteiger partial charge in [-0.3, -0.25) is 4.79 Å². The Morgan fingerprint density at radius 3 is 2.47 bits per heavy atom. The molecule has 0 radical (unpaired) electrons. The highest BCUT2D eigenvalue weighted by atomic mass is 16.5. The third kappa shape index (κ3) is 1.99. The van der Waals surface area contributed by atoms with Crippen LogP contribution in [0.4, 0.5) is 0 Å². The highest BCUT2D eigenvalue weighted by Crippen LogP contribution is 2.61. The van der Waals surface area contributed by atoms with Gasteiger partial charge in [0, 0.05) is 0 Å². The summed E-state index contributed by atoms with van der Waals surface area (Å²) in [5.74, 6) is 1.52. The number of ether oxygens (including phenoxy) is 1. The number of hydrogen-bond acceptors (Lipinski definition) is 2. The quantitative estimate of drug-likeness (QED) is 0.717. The van der Waals surface area contributed by atoms with Gasteiger partial charge in [-0.25, -0.2) is 0 Å². The fourth-order valence-corrected chi connectivity index (χ4v) is 3.17. The lowest BCUT2D eigenvalue weighted by atomic mass is 9.79. The zero-order valence-corrected chi connectivity index (χ0v) is 12.0. The molecule has 102 valence electrons. The smallest absolute Gasteiger partial charge is 0.176 e. The summed E-state index contributed by atoms with van der Waals surface area (Å²) in [7, 11) is 0. The van der Waals surface area contributed by atoms with Gasteiger partial charge in [-0.1, -0.05) is 46.1 Å². The normalized spacial score (nSPS) is 34.0. The van der Waals surface area contributed by atoms with Crippen molar-refractivity contribution in [3.8, 4) is 0 Å². The molecule has 1 fully saturated rings. The summed E-state index contributed by atoms with van der Waals surface area (Å²) >= 11 is 0. The minimum Gasteiger partial charge on any atom is -0.488 e. The first-order chi connectivity index (χ1) is 8.98. The molecule has 0 bridgehead atoms. The van der Waals surface area contributed by atoms with Gasteiger partial charge in [-0.05, 0) is 30.4 Å². The largest absolute Gasteiger partial charge is 0.488 e. The van der Waals surface area contributed by atoms with Crippen LogP contribution < -0.4 is 0 Å². The van der Waals surface area contributed by atoms with Gasteiger partial charge in [-0.15, -0.1) is 0 Å². The number of rotatable bonds is 4. The van der Waals surface area contributed by atoms with Crippen LogP contribution in [0.1, 0.15) is 27.2 Å². The van der Waals surface area contributed by atoms with E-state index in [-0.39, 0.29) is 17.3 Å². The maximum atomic E-state index is 12.8. The van der Waals surface area contributed by atoms with E-state index in [4.69, 9.17) is 4.74 Å². The molecule has 1 aliphatic carbocycles. The van der Waals surface area contributed by atoms with Crippen molar-refractivity contribution in [3.63, 3.8) is 0 Å². The molecule has 0 aromatic heterocycles. The fraction of sp³-hybridized carbons (Fsp3) is 0.471. The third-order valence-corrected chi connectivity index (χ3v) is 4.25. The maximum Gasteiger partial charge on any atom is 0.176 e. The second-order valence-electron chi connectivity index (χ2n) is 5.83. The van der Waals surface area contributed by atoms with Gasteiger partial charge in [0.1, 0.15) is 11.9 Å². The first kappa shape index (κ1) is 13.9. The molecule has 2 rings (SSSR count). The van der Waals surface area contributed by atoms with Gasteiger partial charge < -0.3 is 4.74 Å². The van der Waals surface area contributed by atoms with Crippen LogP contribution in [0.25, 0.3) is 0 Å². The van der Waals surface area contributed by atoms with Crippen molar-refractivity contribution in [1.82, 2.24) is 0 Å². The summed E-state index contributed by atoms with van der Waals surface area (Å²) in [5.41, 5.74) is 0.317. The van der Waals surface area contributed by atoms with E-state index in [2.05, 4.69) is 33.9 Å². The van der Waals surface area contributed by atoms with E-state index < -0.39 is 0 Å².